The molecule has 33 heavy (non-hydrogen) atoms. The van der Waals surface area contributed by atoms with Crippen LogP contribution < -0.4 is 19.6 Å². The van der Waals surface area contributed by atoms with E-state index in [4.69, 9.17) is 25.8 Å². The van der Waals surface area contributed by atoms with Crippen molar-refractivity contribution in [2.24, 2.45) is 5.10 Å². The summed E-state index contributed by atoms with van der Waals surface area (Å²) >= 11 is 9.24. The molecular weight excluding hydrogens is 512 g/mol. The van der Waals surface area contributed by atoms with Gasteiger partial charge in [-0.3, -0.25) is 4.79 Å². The molecule has 3 rings (SSSR count). The summed E-state index contributed by atoms with van der Waals surface area (Å²) in [6.45, 7) is 1.60. The summed E-state index contributed by atoms with van der Waals surface area (Å²) in [7, 11) is 1.46. The first kappa shape index (κ1) is 24.3. The Morgan fingerprint density at radius 2 is 1.85 bits per heavy atom. The molecule has 9 heteroatoms. The van der Waals surface area contributed by atoms with E-state index in [1.807, 2.05) is 6.07 Å². The molecule has 3 aromatic rings. The number of hydrogen-bond acceptors (Lipinski definition) is 6. The lowest BCUT2D eigenvalue weighted by molar-refractivity contribution is -0.127. The molecule has 0 aliphatic heterocycles. The second-order valence-electron chi connectivity index (χ2n) is 6.76. The van der Waals surface area contributed by atoms with Gasteiger partial charge in [-0.05, 0) is 67.1 Å². The van der Waals surface area contributed by atoms with E-state index in [9.17, 15) is 9.59 Å². The minimum atomic E-state index is -0.782. The second-order valence-corrected chi connectivity index (χ2v) is 8.11. The molecule has 3 aromatic carbocycles. The maximum Gasteiger partial charge on any atom is 0.343 e. The van der Waals surface area contributed by atoms with Crippen LogP contribution in [0, 0.1) is 0 Å². The molecular formula is C24H20BrClN2O5. The van der Waals surface area contributed by atoms with Crippen molar-refractivity contribution in [1.82, 2.24) is 5.43 Å². The number of hydrogen-bond donors (Lipinski definition) is 1. The number of nitrogens with zero attached hydrogens (tertiary/aromatic N) is 1. The van der Waals surface area contributed by atoms with Crippen LogP contribution in [0.2, 0.25) is 5.02 Å². The number of esters is 1. The Labute approximate surface area is 204 Å². The minimum absolute atomic E-state index is 0.257. The van der Waals surface area contributed by atoms with Crippen molar-refractivity contribution in [3.63, 3.8) is 0 Å². The Kier molecular flexibility index (Phi) is 8.46. The van der Waals surface area contributed by atoms with Gasteiger partial charge in [0.1, 0.15) is 5.75 Å². The van der Waals surface area contributed by atoms with Crippen molar-refractivity contribution in [3.8, 4) is 17.2 Å². The smallest absolute Gasteiger partial charge is 0.343 e. The highest BCUT2D eigenvalue weighted by atomic mass is 79.9. The zero-order valence-corrected chi connectivity index (χ0v) is 20.1. The average Bonchev–Trinajstić information content (AvgIpc) is 2.79. The Morgan fingerprint density at radius 1 is 1.06 bits per heavy atom. The van der Waals surface area contributed by atoms with Gasteiger partial charge < -0.3 is 14.2 Å². The normalized spacial score (nSPS) is 11.6. The number of hydrazone groups is 1. The predicted octanol–water partition coefficient (Wildman–Crippen LogP) is 5.25. The quantitative estimate of drug-likeness (QED) is 0.186. The minimum Gasteiger partial charge on any atom is -0.493 e. The van der Waals surface area contributed by atoms with Gasteiger partial charge in [-0.15, -0.1) is 0 Å². The van der Waals surface area contributed by atoms with Gasteiger partial charge in [-0.1, -0.05) is 39.7 Å². The summed E-state index contributed by atoms with van der Waals surface area (Å²) in [4.78, 5) is 24.6. The van der Waals surface area contributed by atoms with E-state index >= 15 is 0 Å². The van der Waals surface area contributed by atoms with Gasteiger partial charge in [-0.25, -0.2) is 10.2 Å². The Balaban J connectivity index is 1.60. The van der Waals surface area contributed by atoms with E-state index in [0.29, 0.717) is 27.6 Å². The van der Waals surface area contributed by atoms with E-state index in [1.165, 1.54) is 13.3 Å². The molecule has 0 radical (unpaired) electrons. The molecule has 0 saturated carbocycles. The third-order valence-corrected chi connectivity index (χ3v) is 5.05. The number of methoxy groups -OCH3 is 1. The number of carbonyl (C=O) groups excluding carboxylic acids is 2. The van der Waals surface area contributed by atoms with E-state index in [1.54, 1.807) is 67.6 Å². The van der Waals surface area contributed by atoms with Gasteiger partial charge in [0.15, 0.2) is 17.6 Å². The van der Waals surface area contributed by atoms with Gasteiger partial charge in [0.25, 0.3) is 5.91 Å². The molecule has 1 unspecified atom stereocenters. The molecule has 170 valence electrons. The molecule has 0 heterocycles. The molecule has 7 nitrogen and oxygen atoms in total. The van der Waals surface area contributed by atoms with Crippen molar-refractivity contribution >= 4 is 45.6 Å². The summed E-state index contributed by atoms with van der Waals surface area (Å²) in [5, 5.41) is 4.46. The van der Waals surface area contributed by atoms with Crippen molar-refractivity contribution < 1.29 is 23.8 Å². The summed E-state index contributed by atoms with van der Waals surface area (Å²) in [6, 6.07) is 18.5. The number of halogens is 2. The standard InChI is InChI=1S/C24H20BrClN2O5/c1-15(32-20-8-4-7-19(26)13-20)23(29)28-27-14-16-9-10-21(22(11-16)31-2)33-24(30)17-5-3-6-18(25)12-17/h3-15H,1-2H3,(H,28,29)/b27-14+. The molecule has 1 amide bonds. The molecule has 0 aliphatic carbocycles. The lowest BCUT2D eigenvalue weighted by atomic mass is 10.2. The summed E-state index contributed by atoms with van der Waals surface area (Å²) < 4.78 is 17.1. The number of ether oxygens (including phenoxy) is 3. The van der Waals surface area contributed by atoms with Crippen molar-refractivity contribution in [2.75, 3.05) is 7.11 Å². The zero-order chi connectivity index (χ0) is 23.8. The van der Waals surface area contributed by atoms with Crippen LogP contribution in [0.4, 0.5) is 0 Å². The van der Waals surface area contributed by atoms with Crippen LogP contribution in [0.15, 0.2) is 76.3 Å². The number of carbonyl (C=O) groups is 2. The lowest BCUT2D eigenvalue weighted by Gasteiger charge is -2.13. The first-order chi connectivity index (χ1) is 15.9. The number of amides is 1. The highest BCUT2D eigenvalue weighted by Gasteiger charge is 2.15. The molecule has 0 aromatic heterocycles. The fourth-order valence-corrected chi connectivity index (χ4v) is 3.26. The summed E-state index contributed by atoms with van der Waals surface area (Å²) in [5.74, 6) is 0.125. The monoisotopic (exact) mass is 530 g/mol. The fourth-order valence-electron chi connectivity index (χ4n) is 2.68. The average molecular weight is 532 g/mol. The van der Waals surface area contributed by atoms with E-state index < -0.39 is 18.0 Å². The van der Waals surface area contributed by atoms with Crippen LogP contribution in [-0.4, -0.2) is 31.3 Å². The molecule has 0 aliphatic rings. The second kappa shape index (κ2) is 11.5. The lowest BCUT2D eigenvalue weighted by Crippen LogP contribution is -2.33. The van der Waals surface area contributed by atoms with Crippen LogP contribution >= 0.6 is 27.5 Å². The predicted molar refractivity (Wildman–Crippen MR) is 129 cm³/mol. The van der Waals surface area contributed by atoms with Crippen molar-refractivity contribution in [2.45, 2.75) is 13.0 Å². The highest BCUT2D eigenvalue weighted by molar-refractivity contribution is 9.10. The largest absolute Gasteiger partial charge is 0.493 e. The van der Waals surface area contributed by atoms with Crippen LogP contribution in [0.5, 0.6) is 17.2 Å². The van der Waals surface area contributed by atoms with Crippen LogP contribution in [0.3, 0.4) is 0 Å². The van der Waals surface area contributed by atoms with Gasteiger partial charge in [0.2, 0.25) is 0 Å². The maximum atomic E-state index is 12.4. The third-order valence-electron chi connectivity index (χ3n) is 4.32. The number of nitrogens with one attached hydrogen (secondary N) is 1. The molecule has 0 fully saturated rings. The Bertz CT molecular complexity index is 1190. The van der Waals surface area contributed by atoms with Crippen LogP contribution in [-0.2, 0) is 4.79 Å². The van der Waals surface area contributed by atoms with Crippen LogP contribution in [0.25, 0.3) is 0 Å². The number of benzene rings is 3. The SMILES string of the molecule is COc1cc(/C=N/NC(=O)C(C)Oc2cccc(Cl)c2)ccc1OC(=O)c1cccc(Br)c1. The molecule has 0 saturated heterocycles. The Morgan fingerprint density at radius 3 is 2.58 bits per heavy atom. The van der Waals surface area contributed by atoms with Gasteiger partial charge in [0.05, 0.1) is 18.9 Å². The Hall–Kier alpha value is -3.36. The van der Waals surface area contributed by atoms with E-state index in [2.05, 4.69) is 26.5 Å². The van der Waals surface area contributed by atoms with E-state index in [0.717, 1.165) is 4.47 Å². The third kappa shape index (κ3) is 7.06. The van der Waals surface area contributed by atoms with Gasteiger partial charge in [-0.2, -0.15) is 5.10 Å². The number of rotatable bonds is 8. The van der Waals surface area contributed by atoms with Crippen LogP contribution in [0.1, 0.15) is 22.8 Å². The topological polar surface area (TPSA) is 86.2 Å². The first-order valence-electron chi connectivity index (χ1n) is 9.76. The summed E-state index contributed by atoms with van der Waals surface area (Å²) in [5.41, 5.74) is 3.44. The highest BCUT2D eigenvalue weighted by Crippen LogP contribution is 2.28. The van der Waals surface area contributed by atoms with Crippen molar-refractivity contribution in [1.29, 1.82) is 0 Å². The molecule has 1 atom stereocenters. The zero-order valence-electron chi connectivity index (χ0n) is 17.7. The fraction of sp³-hybridized carbons (Fsp3) is 0.125. The molecule has 0 spiro atoms. The van der Waals surface area contributed by atoms with E-state index in [-0.39, 0.29) is 5.75 Å². The van der Waals surface area contributed by atoms with Crippen molar-refractivity contribution in [3.05, 3.63) is 87.4 Å². The summed E-state index contributed by atoms with van der Waals surface area (Å²) in [6.07, 6.45) is 0.654. The maximum absolute atomic E-state index is 12.4. The molecule has 1 N–H and O–H groups in total. The first-order valence-corrected chi connectivity index (χ1v) is 10.9. The van der Waals surface area contributed by atoms with Gasteiger partial charge in [0, 0.05) is 9.50 Å². The molecule has 0 bridgehead atoms. The van der Waals surface area contributed by atoms with Gasteiger partial charge >= 0.3 is 5.97 Å².